The Bertz CT molecular complexity index is 993. The summed E-state index contributed by atoms with van der Waals surface area (Å²) in [5.41, 5.74) is 3.19. The van der Waals surface area contributed by atoms with E-state index >= 15 is 0 Å². The van der Waals surface area contributed by atoms with Gasteiger partial charge in [-0.3, -0.25) is 4.79 Å². The van der Waals surface area contributed by atoms with Gasteiger partial charge in [0.2, 0.25) is 0 Å². The summed E-state index contributed by atoms with van der Waals surface area (Å²) < 4.78 is 10.6. The molecule has 2 heterocycles. The first-order chi connectivity index (χ1) is 15.7. The van der Waals surface area contributed by atoms with Crippen molar-refractivity contribution in [3.8, 4) is 0 Å². The summed E-state index contributed by atoms with van der Waals surface area (Å²) in [5, 5.41) is 6.90. The SMILES string of the molecule is Cc1cc(C(=O)Nc2ccc(C3CCN(C(=O)OC(C)(C)C)CC3)cc2C2CCCC2)no1. The van der Waals surface area contributed by atoms with Crippen molar-refractivity contribution in [3.63, 3.8) is 0 Å². The second-order valence-corrected chi connectivity index (χ2v) is 10.3. The Morgan fingerprint density at radius 3 is 2.36 bits per heavy atom. The van der Waals surface area contributed by atoms with Crippen LogP contribution in [0.25, 0.3) is 0 Å². The van der Waals surface area contributed by atoms with E-state index in [1.54, 1.807) is 13.0 Å². The van der Waals surface area contributed by atoms with Crippen LogP contribution in [-0.2, 0) is 4.74 Å². The van der Waals surface area contributed by atoms with Gasteiger partial charge in [-0.1, -0.05) is 30.1 Å². The highest BCUT2D eigenvalue weighted by molar-refractivity contribution is 6.03. The monoisotopic (exact) mass is 453 g/mol. The molecule has 1 saturated heterocycles. The van der Waals surface area contributed by atoms with E-state index in [9.17, 15) is 9.59 Å². The molecule has 1 aliphatic carbocycles. The number of aromatic nitrogens is 1. The van der Waals surface area contributed by atoms with Crippen LogP contribution < -0.4 is 5.32 Å². The number of hydrogen-bond donors (Lipinski definition) is 1. The second kappa shape index (κ2) is 9.57. The van der Waals surface area contributed by atoms with Gasteiger partial charge in [0.15, 0.2) is 5.69 Å². The summed E-state index contributed by atoms with van der Waals surface area (Å²) in [6.45, 7) is 8.85. The Labute approximate surface area is 195 Å². The maximum absolute atomic E-state index is 12.7. The number of amides is 2. The second-order valence-electron chi connectivity index (χ2n) is 10.3. The quantitative estimate of drug-likeness (QED) is 0.613. The Morgan fingerprint density at radius 2 is 1.76 bits per heavy atom. The predicted octanol–water partition coefficient (Wildman–Crippen LogP) is 6.01. The summed E-state index contributed by atoms with van der Waals surface area (Å²) in [4.78, 5) is 26.9. The van der Waals surface area contributed by atoms with E-state index < -0.39 is 5.60 Å². The number of carbonyl (C=O) groups is 2. The van der Waals surface area contributed by atoms with Crippen molar-refractivity contribution in [2.75, 3.05) is 18.4 Å². The lowest BCUT2D eigenvalue weighted by Gasteiger charge is -2.34. The first-order valence-corrected chi connectivity index (χ1v) is 12.1. The van der Waals surface area contributed by atoms with Crippen LogP contribution >= 0.6 is 0 Å². The lowest BCUT2D eigenvalue weighted by Crippen LogP contribution is -2.41. The maximum Gasteiger partial charge on any atom is 0.410 e. The van der Waals surface area contributed by atoms with E-state index in [0.29, 0.717) is 36.4 Å². The summed E-state index contributed by atoms with van der Waals surface area (Å²) in [6, 6.07) is 8.09. The third kappa shape index (κ3) is 5.75. The summed E-state index contributed by atoms with van der Waals surface area (Å²) in [6.07, 6.45) is 6.33. The molecule has 1 aliphatic heterocycles. The molecule has 2 fully saturated rings. The van der Waals surface area contributed by atoms with Gasteiger partial charge < -0.3 is 19.5 Å². The van der Waals surface area contributed by atoms with Gasteiger partial charge in [0, 0.05) is 24.8 Å². The van der Waals surface area contributed by atoms with Gasteiger partial charge in [0.1, 0.15) is 11.4 Å². The highest BCUT2D eigenvalue weighted by Gasteiger charge is 2.29. The predicted molar refractivity (Wildman–Crippen MR) is 127 cm³/mol. The molecule has 33 heavy (non-hydrogen) atoms. The van der Waals surface area contributed by atoms with Crippen molar-refractivity contribution in [1.82, 2.24) is 10.1 Å². The van der Waals surface area contributed by atoms with Gasteiger partial charge in [-0.05, 0) is 82.4 Å². The van der Waals surface area contributed by atoms with Crippen molar-refractivity contribution >= 4 is 17.7 Å². The molecule has 1 aromatic heterocycles. The Morgan fingerprint density at radius 1 is 1.06 bits per heavy atom. The van der Waals surface area contributed by atoms with E-state index in [0.717, 1.165) is 31.4 Å². The van der Waals surface area contributed by atoms with Crippen molar-refractivity contribution in [3.05, 3.63) is 46.8 Å². The number of likely N-dealkylation sites (tertiary alicyclic amines) is 1. The number of hydrogen-bond acceptors (Lipinski definition) is 5. The first-order valence-electron chi connectivity index (χ1n) is 12.1. The fraction of sp³-hybridized carbons (Fsp3) is 0.577. The van der Waals surface area contributed by atoms with Crippen LogP contribution in [-0.4, -0.2) is 40.7 Å². The molecule has 1 N–H and O–H groups in total. The smallest absolute Gasteiger partial charge is 0.410 e. The standard InChI is InChI=1S/C26H35N3O4/c1-17-15-23(28-33-17)24(30)27-22-10-9-20(16-21(22)19-7-5-6-8-19)18-11-13-29(14-12-18)25(31)32-26(2,3)4/h9-10,15-16,18-19H,5-8,11-14H2,1-4H3,(H,27,30). The number of nitrogens with zero attached hydrogens (tertiary/aromatic N) is 2. The largest absolute Gasteiger partial charge is 0.444 e. The normalized spacial score (nSPS) is 17.9. The summed E-state index contributed by atoms with van der Waals surface area (Å²) in [5.74, 6) is 1.22. The van der Waals surface area contributed by atoms with Crippen LogP contribution in [0, 0.1) is 6.92 Å². The van der Waals surface area contributed by atoms with E-state index in [-0.39, 0.29) is 12.0 Å². The maximum atomic E-state index is 12.7. The highest BCUT2D eigenvalue weighted by atomic mass is 16.6. The zero-order chi connectivity index (χ0) is 23.6. The van der Waals surface area contributed by atoms with Gasteiger partial charge in [-0.15, -0.1) is 0 Å². The van der Waals surface area contributed by atoms with Crippen molar-refractivity contribution in [1.29, 1.82) is 0 Å². The molecule has 7 nitrogen and oxygen atoms in total. The molecule has 2 amide bonds. The van der Waals surface area contributed by atoms with Gasteiger partial charge in [-0.2, -0.15) is 0 Å². The minimum Gasteiger partial charge on any atom is -0.444 e. The van der Waals surface area contributed by atoms with E-state index in [1.165, 1.54) is 24.0 Å². The molecule has 0 spiro atoms. The van der Waals surface area contributed by atoms with Crippen LogP contribution in [0.4, 0.5) is 10.5 Å². The molecule has 2 aromatic rings. The molecule has 0 atom stereocenters. The summed E-state index contributed by atoms with van der Waals surface area (Å²) >= 11 is 0. The molecular formula is C26H35N3O4. The number of nitrogens with one attached hydrogen (secondary N) is 1. The highest BCUT2D eigenvalue weighted by Crippen LogP contribution is 2.40. The molecule has 178 valence electrons. The first kappa shape index (κ1) is 23.3. The van der Waals surface area contributed by atoms with Crippen LogP contribution in [0.2, 0.25) is 0 Å². The molecule has 2 aliphatic rings. The lowest BCUT2D eigenvalue weighted by atomic mass is 9.85. The van der Waals surface area contributed by atoms with Crippen LogP contribution in [0.3, 0.4) is 0 Å². The molecular weight excluding hydrogens is 418 g/mol. The van der Waals surface area contributed by atoms with E-state index in [1.807, 2.05) is 31.7 Å². The van der Waals surface area contributed by atoms with E-state index in [2.05, 4.69) is 22.6 Å². The fourth-order valence-corrected chi connectivity index (χ4v) is 4.91. The third-order valence-electron chi connectivity index (χ3n) is 6.60. The van der Waals surface area contributed by atoms with Crippen LogP contribution in [0.5, 0.6) is 0 Å². The van der Waals surface area contributed by atoms with Gasteiger partial charge in [-0.25, -0.2) is 4.79 Å². The minimum atomic E-state index is -0.477. The number of benzene rings is 1. The lowest BCUT2D eigenvalue weighted by molar-refractivity contribution is 0.0204. The zero-order valence-corrected chi connectivity index (χ0v) is 20.1. The summed E-state index contributed by atoms with van der Waals surface area (Å²) in [7, 11) is 0. The van der Waals surface area contributed by atoms with Gasteiger partial charge in [0.05, 0.1) is 0 Å². The topological polar surface area (TPSA) is 84.7 Å². The number of ether oxygens (including phenoxy) is 1. The van der Waals surface area contributed by atoms with Crippen molar-refractivity contribution < 1.29 is 18.8 Å². The molecule has 1 saturated carbocycles. The zero-order valence-electron chi connectivity index (χ0n) is 20.1. The van der Waals surface area contributed by atoms with Crippen LogP contribution in [0.15, 0.2) is 28.8 Å². The Kier molecular flexibility index (Phi) is 6.77. The Hall–Kier alpha value is -2.83. The Balaban J connectivity index is 1.48. The molecule has 0 bridgehead atoms. The van der Waals surface area contributed by atoms with Crippen molar-refractivity contribution in [2.45, 2.75) is 83.7 Å². The molecule has 0 unspecified atom stereocenters. The molecule has 1 aromatic carbocycles. The van der Waals surface area contributed by atoms with Crippen LogP contribution in [0.1, 0.15) is 98.5 Å². The number of piperidine rings is 1. The average molecular weight is 454 g/mol. The molecule has 0 radical (unpaired) electrons. The van der Waals surface area contributed by atoms with Crippen molar-refractivity contribution in [2.24, 2.45) is 0 Å². The third-order valence-corrected chi connectivity index (χ3v) is 6.60. The molecule has 7 heteroatoms. The average Bonchev–Trinajstić information content (AvgIpc) is 3.45. The van der Waals surface area contributed by atoms with E-state index in [4.69, 9.17) is 9.26 Å². The number of aryl methyl sites for hydroxylation is 1. The fourth-order valence-electron chi connectivity index (χ4n) is 4.91. The number of carbonyl (C=O) groups excluding carboxylic acids is 2. The number of rotatable bonds is 4. The minimum absolute atomic E-state index is 0.228. The number of anilines is 1. The van der Waals surface area contributed by atoms with Gasteiger partial charge >= 0.3 is 6.09 Å². The molecule has 4 rings (SSSR count). The van der Waals surface area contributed by atoms with Gasteiger partial charge in [0.25, 0.3) is 5.91 Å².